The second-order valence-electron chi connectivity index (χ2n) is 4.12. The maximum absolute atomic E-state index is 10.4. The molecule has 0 aliphatic heterocycles. The van der Waals surface area contributed by atoms with Gasteiger partial charge in [0.25, 0.3) is 10.1 Å². The van der Waals surface area contributed by atoms with E-state index in [-0.39, 0.29) is 48.3 Å². The van der Waals surface area contributed by atoms with Gasteiger partial charge in [-0.2, -0.15) is 8.42 Å². The molecule has 0 saturated heterocycles. The van der Waals surface area contributed by atoms with Gasteiger partial charge in [0.15, 0.2) is 12.3 Å². The van der Waals surface area contributed by atoms with Gasteiger partial charge < -0.3 is 0 Å². The molecule has 0 heterocycles. The molecule has 0 atom stereocenters. The summed E-state index contributed by atoms with van der Waals surface area (Å²) in [5.74, 6) is -0.273. The van der Waals surface area contributed by atoms with Crippen molar-refractivity contribution >= 4 is 52.0 Å². The fourth-order valence-electron chi connectivity index (χ4n) is 1.34. The molecule has 0 bridgehead atoms. The van der Waals surface area contributed by atoms with Gasteiger partial charge in [0, 0.05) is 29.6 Å². The maximum Gasteiger partial charge on any atom is 0.264 e. The Balaban J connectivity index is 0. The van der Waals surface area contributed by atoms with E-state index in [4.69, 9.17) is 12.9 Å². The van der Waals surface area contributed by atoms with Crippen LogP contribution >= 0.6 is 12.3 Å². The minimum Gasteiger partial charge on any atom is -0.291 e. The van der Waals surface area contributed by atoms with E-state index in [0.29, 0.717) is 6.61 Å². The fourth-order valence-corrected chi connectivity index (χ4v) is 2.27. The molecule has 0 spiro atoms. The molecule has 0 saturated carbocycles. The number of unbranched alkanes of at least 4 members (excludes halogenated alkanes) is 5. The summed E-state index contributed by atoms with van der Waals surface area (Å²) in [7, 11) is -3.87. The number of hydrogen-bond donors (Lipinski definition) is 1. The largest absolute Gasteiger partial charge is 0.291 e. The second-order valence-corrected chi connectivity index (χ2v) is 6.30. The van der Waals surface area contributed by atoms with Crippen molar-refractivity contribution in [1.82, 2.24) is 0 Å². The molecule has 0 aromatic rings. The molecule has 0 aliphatic rings. The molecule has 0 unspecified atom stereocenters. The van der Waals surface area contributed by atoms with E-state index in [1.165, 1.54) is 32.1 Å². The van der Waals surface area contributed by atoms with Crippen LogP contribution in [0.4, 0.5) is 0 Å². The number of hydrogen-bond acceptors (Lipinski definition) is 5. The van der Waals surface area contributed by atoms with E-state index in [1.54, 1.807) is 0 Å². The van der Waals surface area contributed by atoms with Gasteiger partial charge in [0.1, 0.15) is 0 Å². The molecule has 19 heavy (non-hydrogen) atoms. The van der Waals surface area contributed by atoms with Crippen LogP contribution in [0.15, 0.2) is 0 Å². The Morgan fingerprint density at radius 2 is 1.47 bits per heavy atom. The molecule has 1 radical (unpaired) electrons. The summed E-state index contributed by atoms with van der Waals surface area (Å²) in [6.07, 6.45) is 7.55. The van der Waals surface area contributed by atoms with Crippen molar-refractivity contribution in [3.05, 3.63) is 0 Å². The Labute approximate surface area is 143 Å². The molecule has 1 N–H and O–H groups in total. The molecule has 8 heteroatoms. The monoisotopic (exact) mass is 323 g/mol. The van der Waals surface area contributed by atoms with Gasteiger partial charge in [-0.15, -0.1) is 0 Å². The average Bonchev–Trinajstić information content (AvgIpc) is 2.29. The van der Waals surface area contributed by atoms with Gasteiger partial charge in [-0.1, -0.05) is 39.0 Å². The summed E-state index contributed by atoms with van der Waals surface area (Å²) in [5, 5.41) is 0. The van der Waals surface area contributed by atoms with Crippen LogP contribution in [0.5, 0.6) is 0 Å². The smallest absolute Gasteiger partial charge is 0.264 e. The topological polar surface area (TPSA) is 72.8 Å². The molecule has 111 valence electrons. The van der Waals surface area contributed by atoms with Crippen LogP contribution in [0.25, 0.3) is 0 Å². The molecule has 0 rings (SSSR count). The van der Waals surface area contributed by atoms with E-state index in [9.17, 15) is 8.42 Å². The zero-order chi connectivity index (χ0) is 13.7. The summed E-state index contributed by atoms with van der Waals surface area (Å²) < 4.78 is 39.4. The normalized spacial score (nSPS) is 11.3. The standard InChI is InChI=1S/C11H24O5S2.Na/c1-2-3-4-5-6-7-9-15-17-16-10-8-11-18(12,13)14;/h2-11H2,1H3,(H,12,13,14);. The zero-order valence-corrected chi connectivity index (χ0v) is 15.6. The molecule has 0 aliphatic carbocycles. The molecule has 0 aromatic heterocycles. The van der Waals surface area contributed by atoms with Crippen molar-refractivity contribution in [2.75, 3.05) is 19.0 Å². The maximum atomic E-state index is 10.4. The third-order valence-corrected chi connectivity index (χ3v) is 3.64. The van der Waals surface area contributed by atoms with Crippen LogP contribution in [-0.2, 0) is 18.5 Å². The van der Waals surface area contributed by atoms with E-state index < -0.39 is 10.1 Å². The molecule has 0 amide bonds. The Kier molecular flexibility index (Phi) is 18.4. The third-order valence-electron chi connectivity index (χ3n) is 2.31. The number of rotatable bonds is 13. The van der Waals surface area contributed by atoms with Crippen LogP contribution in [-0.4, -0.2) is 61.5 Å². The molecule has 0 fully saturated rings. The van der Waals surface area contributed by atoms with Gasteiger partial charge >= 0.3 is 0 Å². The van der Waals surface area contributed by atoms with Crippen LogP contribution in [0.3, 0.4) is 0 Å². The van der Waals surface area contributed by atoms with Gasteiger partial charge in [-0.3, -0.25) is 12.9 Å². The van der Waals surface area contributed by atoms with E-state index in [2.05, 4.69) is 6.92 Å². The summed E-state index contributed by atoms with van der Waals surface area (Å²) in [6, 6.07) is 0. The first-order chi connectivity index (χ1) is 8.56. The summed E-state index contributed by atoms with van der Waals surface area (Å²) in [4.78, 5) is 0. The molecule has 0 aromatic carbocycles. The van der Waals surface area contributed by atoms with E-state index in [1.807, 2.05) is 0 Å². The first-order valence-corrected chi connectivity index (χ1v) is 8.70. The predicted molar refractivity (Wildman–Crippen MR) is 79.7 cm³/mol. The average molecular weight is 323 g/mol. The van der Waals surface area contributed by atoms with Crippen LogP contribution in [0, 0.1) is 0 Å². The molecular weight excluding hydrogens is 299 g/mol. The predicted octanol–water partition coefficient (Wildman–Crippen LogP) is 2.84. The Hall–Kier alpha value is 1.18. The van der Waals surface area contributed by atoms with Crippen LogP contribution < -0.4 is 0 Å². The Morgan fingerprint density at radius 1 is 0.947 bits per heavy atom. The minimum atomic E-state index is -3.87. The van der Waals surface area contributed by atoms with Crippen molar-refractivity contribution in [1.29, 1.82) is 0 Å². The molecule has 5 nitrogen and oxygen atoms in total. The van der Waals surface area contributed by atoms with Gasteiger partial charge in [0.2, 0.25) is 0 Å². The summed E-state index contributed by atoms with van der Waals surface area (Å²) in [5.41, 5.74) is 0. The van der Waals surface area contributed by atoms with Crippen molar-refractivity contribution in [3.8, 4) is 0 Å². The Morgan fingerprint density at radius 3 is 2.05 bits per heavy atom. The Bertz CT molecular complexity index is 272. The van der Waals surface area contributed by atoms with Crippen LogP contribution in [0.1, 0.15) is 51.9 Å². The quantitative estimate of drug-likeness (QED) is 0.243. The van der Waals surface area contributed by atoms with Gasteiger partial charge in [0.05, 0.1) is 19.0 Å². The minimum absolute atomic E-state index is 0. The third kappa shape index (κ3) is 21.6. The van der Waals surface area contributed by atoms with Crippen molar-refractivity contribution < 1.29 is 21.3 Å². The second kappa shape index (κ2) is 15.6. The van der Waals surface area contributed by atoms with Crippen molar-refractivity contribution in [2.45, 2.75) is 51.9 Å². The van der Waals surface area contributed by atoms with Gasteiger partial charge in [-0.25, -0.2) is 0 Å². The first kappa shape index (κ1) is 22.5. The summed E-state index contributed by atoms with van der Waals surface area (Å²) in [6.45, 7) is 3.09. The summed E-state index contributed by atoms with van der Waals surface area (Å²) >= 11 is 0.896. The van der Waals surface area contributed by atoms with E-state index in [0.717, 1.165) is 18.7 Å². The zero-order valence-electron chi connectivity index (χ0n) is 12.0. The van der Waals surface area contributed by atoms with E-state index >= 15 is 0 Å². The fraction of sp³-hybridized carbons (Fsp3) is 1.00. The van der Waals surface area contributed by atoms with Crippen LogP contribution in [0.2, 0.25) is 0 Å². The molecular formula is C11H24NaO5S2. The van der Waals surface area contributed by atoms with Crippen molar-refractivity contribution in [2.24, 2.45) is 0 Å². The first-order valence-electron chi connectivity index (χ1n) is 6.42. The SMILES string of the molecule is CCCCCCCCOSOCCCS(=O)(=O)O.[Na]. The van der Waals surface area contributed by atoms with Gasteiger partial charge in [-0.05, 0) is 12.8 Å². The van der Waals surface area contributed by atoms with Crippen molar-refractivity contribution in [3.63, 3.8) is 0 Å².